The lowest BCUT2D eigenvalue weighted by Gasteiger charge is -2.02. The lowest BCUT2D eigenvalue weighted by molar-refractivity contribution is 0.199. The summed E-state index contributed by atoms with van der Waals surface area (Å²) in [5.41, 5.74) is 1.22. The molecule has 0 aliphatic heterocycles. The van der Waals surface area contributed by atoms with Crippen molar-refractivity contribution < 1.29 is 4.74 Å². The number of pyridine rings is 1. The minimum absolute atomic E-state index is 0.763. The summed E-state index contributed by atoms with van der Waals surface area (Å²) in [5.74, 6) is 0. The van der Waals surface area contributed by atoms with Gasteiger partial charge in [0.15, 0.2) is 0 Å². The Kier molecular flexibility index (Phi) is 5.53. The first-order valence-corrected chi connectivity index (χ1v) is 6.61. The number of aromatic nitrogens is 1. The van der Waals surface area contributed by atoms with E-state index in [2.05, 4.69) is 40.7 Å². The SMILES string of the molecule is COCCNCC/C=C/c1cccc2ccncc12. The molecule has 0 saturated carbocycles. The van der Waals surface area contributed by atoms with Crippen LogP contribution in [0.3, 0.4) is 0 Å². The van der Waals surface area contributed by atoms with Gasteiger partial charge in [-0.3, -0.25) is 4.98 Å². The topological polar surface area (TPSA) is 34.1 Å². The first-order chi connectivity index (χ1) is 9.42. The van der Waals surface area contributed by atoms with E-state index in [4.69, 9.17) is 4.74 Å². The molecule has 1 heterocycles. The van der Waals surface area contributed by atoms with Crippen molar-refractivity contribution in [2.24, 2.45) is 0 Å². The first-order valence-electron chi connectivity index (χ1n) is 6.61. The van der Waals surface area contributed by atoms with E-state index in [0.717, 1.165) is 26.1 Å². The largest absolute Gasteiger partial charge is 0.383 e. The van der Waals surface area contributed by atoms with E-state index < -0.39 is 0 Å². The van der Waals surface area contributed by atoms with Gasteiger partial charge in [0.2, 0.25) is 0 Å². The average molecular weight is 256 g/mol. The van der Waals surface area contributed by atoms with Gasteiger partial charge in [0.1, 0.15) is 0 Å². The van der Waals surface area contributed by atoms with E-state index >= 15 is 0 Å². The number of methoxy groups -OCH3 is 1. The number of benzene rings is 1. The monoisotopic (exact) mass is 256 g/mol. The third-order valence-corrected chi connectivity index (χ3v) is 2.99. The molecular formula is C16H20N2O. The van der Waals surface area contributed by atoms with E-state index in [1.165, 1.54) is 16.3 Å². The van der Waals surface area contributed by atoms with Crippen LogP contribution in [0.15, 0.2) is 42.7 Å². The van der Waals surface area contributed by atoms with E-state index in [-0.39, 0.29) is 0 Å². The van der Waals surface area contributed by atoms with Crippen LogP contribution in [0.4, 0.5) is 0 Å². The Morgan fingerprint density at radius 3 is 3.11 bits per heavy atom. The van der Waals surface area contributed by atoms with Crippen LogP contribution in [-0.4, -0.2) is 31.8 Å². The summed E-state index contributed by atoms with van der Waals surface area (Å²) in [6.45, 7) is 2.64. The average Bonchev–Trinajstić information content (AvgIpc) is 2.46. The fourth-order valence-electron chi connectivity index (χ4n) is 1.98. The summed E-state index contributed by atoms with van der Waals surface area (Å²) in [7, 11) is 1.72. The molecule has 3 heteroatoms. The molecule has 0 unspecified atom stereocenters. The van der Waals surface area contributed by atoms with Crippen LogP contribution in [0.5, 0.6) is 0 Å². The van der Waals surface area contributed by atoms with E-state index in [9.17, 15) is 0 Å². The number of nitrogens with one attached hydrogen (secondary N) is 1. The molecule has 2 rings (SSSR count). The Bertz CT molecular complexity index is 532. The molecule has 1 aromatic heterocycles. The Morgan fingerprint density at radius 1 is 1.26 bits per heavy atom. The van der Waals surface area contributed by atoms with Gasteiger partial charge < -0.3 is 10.1 Å². The van der Waals surface area contributed by atoms with Crippen molar-refractivity contribution in [3.63, 3.8) is 0 Å². The van der Waals surface area contributed by atoms with Crippen molar-refractivity contribution in [1.29, 1.82) is 0 Å². The third kappa shape index (κ3) is 4.16. The number of fused-ring (bicyclic) bond motifs is 1. The van der Waals surface area contributed by atoms with Crippen LogP contribution in [0.1, 0.15) is 12.0 Å². The van der Waals surface area contributed by atoms with Gasteiger partial charge in [0, 0.05) is 31.4 Å². The van der Waals surface area contributed by atoms with Gasteiger partial charge in [-0.05, 0) is 30.0 Å². The zero-order valence-corrected chi connectivity index (χ0v) is 11.3. The molecule has 1 N–H and O–H groups in total. The third-order valence-electron chi connectivity index (χ3n) is 2.99. The zero-order chi connectivity index (χ0) is 13.3. The van der Waals surface area contributed by atoms with E-state index in [0.29, 0.717) is 0 Å². The van der Waals surface area contributed by atoms with Crippen molar-refractivity contribution in [1.82, 2.24) is 10.3 Å². The Morgan fingerprint density at radius 2 is 2.21 bits per heavy atom. The van der Waals surface area contributed by atoms with Gasteiger partial charge in [-0.15, -0.1) is 0 Å². The van der Waals surface area contributed by atoms with Gasteiger partial charge in [0.05, 0.1) is 6.61 Å². The summed E-state index contributed by atoms with van der Waals surface area (Å²) < 4.78 is 4.98. The molecule has 3 nitrogen and oxygen atoms in total. The Hall–Kier alpha value is -1.71. The second kappa shape index (κ2) is 7.67. The van der Waals surface area contributed by atoms with Crippen molar-refractivity contribution in [2.75, 3.05) is 26.8 Å². The molecule has 0 aliphatic carbocycles. The van der Waals surface area contributed by atoms with Gasteiger partial charge >= 0.3 is 0 Å². The molecule has 1 aromatic carbocycles. The highest BCUT2D eigenvalue weighted by atomic mass is 16.5. The highest BCUT2D eigenvalue weighted by Crippen LogP contribution is 2.18. The van der Waals surface area contributed by atoms with Gasteiger partial charge in [-0.25, -0.2) is 0 Å². The van der Waals surface area contributed by atoms with E-state index in [1.807, 2.05) is 18.5 Å². The first kappa shape index (κ1) is 13.7. The number of hydrogen-bond acceptors (Lipinski definition) is 3. The molecule has 0 radical (unpaired) electrons. The normalized spacial score (nSPS) is 11.4. The number of nitrogens with zero attached hydrogens (tertiary/aromatic N) is 1. The predicted octanol–water partition coefficient (Wildman–Crippen LogP) is 2.87. The fraction of sp³-hybridized carbons (Fsp3) is 0.312. The number of ether oxygens (including phenoxy) is 1. The second-order valence-corrected chi connectivity index (χ2v) is 4.38. The van der Waals surface area contributed by atoms with Crippen LogP contribution in [-0.2, 0) is 4.74 Å². The molecule has 0 aliphatic rings. The van der Waals surface area contributed by atoms with Gasteiger partial charge in [-0.2, -0.15) is 0 Å². The summed E-state index contributed by atoms with van der Waals surface area (Å²) >= 11 is 0. The minimum Gasteiger partial charge on any atom is -0.383 e. The van der Waals surface area contributed by atoms with E-state index in [1.54, 1.807) is 7.11 Å². The second-order valence-electron chi connectivity index (χ2n) is 4.38. The molecule has 2 aromatic rings. The molecule has 0 fully saturated rings. The Labute approximate surface area is 114 Å². The van der Waals surface area contributed by atoms with Crippen molar-refractivity contribution >= 4 is 16.8 Å². The van der Waals surface area contributed by atoms with Crippen LogP contribution >= 0.6 is 0 Å². The smallest absolute Gasteiger partial charge is 0.0587 e. The van der Waals surface area contributed by atoms with Crippen LogP contribution < -0.4 is 5.32 Å². The molecule has 0 amide bonds. The highest BCUT2D eigenvalue weighted by molar-refractivity contribution is 5.89. The van der Waals surface area contributed by atoms with Gasteiger partial charge in [-0.1, -0.05) is 30.4 Å². The lowest BCUT2D eigenvalue weighted by Crippen LogP contribution is -2.19. The summed E-state index contributed by atoms with van der Waals surface area (Å²) in [4.78, 5) is 4.19. The van der Waals surface area contributed by atoms with Crippen LogP contribution in [0.25, 0.3) is 16.8 Å². The summed E-state index contributed by atoms with van der Waals surface area (Å²) in [6, 6.07) is 8.36. The number of rotatable bonds is 7. The Balaban J connectivity index is 1.90. The van der Waals surface area contributed by atoms with Gasteiger partial charge in [0.25, 0.3) is 0 Å². The molecule has 0 bridgehead atoms. The zero-order valence-electron chi connectivity index (χ0n) is 11.3. The molecule has 0 spiro atoms. The minimum atomic E-state index is 0.763. The maximum atomic E-state index is 4.98. The molecule has 100 valence electrons. The highest BCUT2D eigenvalue weighted by Gasteiger charge is 1.96. The molecule has 0 atom stereocenters. The maximum absolute atomic E-state index is 4.98. The maximum Gasteiger partial charge on any atom is 0.0587 e. The quantitative estimate of drug-likeness (QED) is 0.773. The van der Waals surface area contributed by atoms with Crippen LogP contribution in [0, 0.1) is 0 Å². The summed E-state index contributed by atoms with van der Waals surface area (Å²) in [5, 5.41) is 5.76. The van der Waals surface area contributed by atoms with Crippen molar-refractivity contribution in [3.8, 4) is 0 Å². The fourth-order valence-corrected chi connectivity index (χ4v) is 1.98. The van der Waals surface area contributed by atoms with Crippen molar-refractivity contribution in [3.05, 3.63) is 48.3 Å². The molecule has 19 heavy (non-hydrogen) atoms. The predicted molar refractivity (Wildman–Crippen MR) is 80.1 cm³/mol. The number of hydrogen-bond donors (Lipinski definition) is 1. The molecule has 0 saturated heterocycles. The molecular weight excluding hydrogens is 236 g/mol. The van der Waals surface area contributed by atoms with Crippen LogP contribution in [0.2, 0.25) is 0 Å². The summed E-state index contributed by atoms with van der Waals surface area (Å²) in [6.07, 6.45) is 9.13. The van der Waals surface area contributed by atoms with Crippen molar-refractivity contribution in [2.45, 2.75) is 6.42 Å². The lowest BCUT2D eigenvalue weighted by atomic mass is 10.1. The standard InChI is InChI=1S/C16H20N2O/c1-19-12-11-17-9-3-2-5-14-6-4-7-15-8-10-18-13-16(14)15/h2,4-8,10,13,17H,3,9,11-12H2,1H3/b5-2+.